The number of alkyl carbamates (subject to hydrolysis) is 1. The Labute approximate surface area is 145 Å². The summed E-state index contributed by atoms with van der Waals surface area (Å²) in [6, 6.07) is 5.66. The van der Waals surface area contributed by atoms with Crippen molar-refractivity contribution in [3.63, 3.8) is 0 Å². The van der Waals surface area contributed by atoms with E-state index in [1.54, 1.807) is 26.8 Å². The van der Waals surface area contributed by atoms with Gasteiger partial charge in [0.25, 0.3) is 5.91 Å². The largest absolute Gasteiger partial charge is 0.452 e. The zero-order valence-electron chi connectivity index (χ0n) is 14.7. The van der Waals surface area contributed by atoms with Gasteiger partial charge in [0.05, 0.1) is 12.1 Å². The van der Waals surface area contributed by atoms with Crippen LogP contribution in [-0.2, 0) is 19.1 Å². The molecule has 8 heteroatoms. The molecule has 138 valence electrons. The van der Waals surface area contributed by atoms with E-state index in [9.17, 15) is 18.8 Å². The molecule has 25 heavy (non-hydrogen) atoms. The second-order valence-electron chi connectivity index (χ2n) is 6.28. The van der Waals surface area contributed by atoms with E-state index in [-0.39, 0.29) is 18.7 Å². The van der Waals surface area contributed by atoms with Gasteiger partial charge in [-0.15, -0.1) is 0 Å². The van der Waals surface area contributed by atoms with Crippen LogP contribution in [0.15, 0.2) is 24.3 Å². The fourth-order valence-electron chi connectivity index (χ4n) is 1.69. The number of esters is 1. The first-order chi connectivity index (χ1) is 11.6. The van der Waals surface area contributed by atoms with Crippen LogP contribution >= 0.6 is 0 Å². The van der Waals surface area contributed by atoms with Crippen molar-refractivity contribution in [2.24, 2.45) is 0 Å². The maximum Gasteiger partial charge on any atom is 0.407 e. The molecule has 0 saturated heterocycles. The molecule has 0 bridgehead atoms. The number of carbonyl (C=O) groups excluding carboxylic acids is 3. The fourth-order valence-corrected chi connectivity index (χ4v) is 1.69. The topological polar surface area (TPSA) is 93.7 Å². The zero-order valence-corrected chi connectivity index (χ0v) is 14.7. The summed E-state index contributed by atoms with van der Waals surface area (Å²) in [7, 11) is 0. The highest BCUT2D eigenvalue weighted by molar-refractivity contribution is 5.95. The number of hydrogen-bond acceptors (Lipinski definition) is 5. The average molecular weight is 354 g/mol. The van der Waals surface area contributed by atoms with Crippen molar-refractivity contribution in [3.8, 4) is 0 Å². The van der Waals surface area contributed by atoms with Gasteiger partial charge in [-0.25, -0.2) is 9.18 Å². The van der Waals surface area contributed by atoms with E-state index in [0.717, 1.165) is 0 Å². The summed E-state index contributed by atoms with van der Waals surface area (Å²) in [5.41, 5.74) is -0.633. The Bertz CT molecular complexity index is 628. The number of anilines is 1. The van der Waals surface area contributed by atoms with Crippen molar-refractivity contribution in [1.29, 1.82) is 0 Å². The number of rotatable bonds is 6. The first-order valence-electron chi connectivity index (χ1n) is 7.80. The summed E-state index contributed by atoms with van der Waals surface area (Å²) in [6.07, 6.45) is -1.88. The van der Waals surface area contributed by atoms with Gasteiger partial charge in [-0.05, 0) is 39.8 Å². The van der Waals surface area contributed by atoms with Gasteiger partial charge >= 0.3 is 12.1 Å². The molecule has 0 aliphatic carbocycles. The van der Waals surface area contributed by atoms with Crippen molar-refractivity contribution in [3.05, 3.63) is 30.1 Å². The molecular formula is C17H23FN2O5. The van der Waals surface area contributed by atoms with E-state index in [2.05, 4.69) is 10.6 Å². The van der Waals surface area contributed by atoms with Gasteiger partial charge in [0.1, 0.15) is 11.4 Å². The minimum absolute atomic E-state index is 0.00184. The lowest BCUT2D eigenvalue weighted by Crippen LogP contribution is -2.35. The van der Waals surface area contributed by atoms with Crippen LogP contribution in [0.25, 0.3) is 0 Å². The molecular weight excluding hydrogens is 331 g/mol. The Morgan fingerprint density at radius 1 is 1.20 bits per heavy atom. The third kappa shape index (κ3) is 8.14. The molecule has 1 rings (SSSR count). The number of para-hydroxylation sites is 1. The van der Waals surface area contributed by atoms with E-state index in [4.69, 9.17) is 9.47 Å². The van der Waals surface area contributed by atoms with Crippen LogP contribution in [0.1, 0.15) is 34.1 Å². The van der Waals surface area contributed by atoms with Gasteiger partial charge in [0, 0.05) is 6.54 Å². The van der Waals surface area contributed by atoms with Crippen molar-refractivity contribution in [2.45, 2.75) is 45.8 Å². The molecule has 0 saturated carbocycles. The third-order valence-corrected chi connectivity index (χ3v) is 2.81. The summed E-state index contributed by atoms with van der Waals surface area (Å²) >= 11 is 0. The van der Waals surface area contributed by atoms with Gasteiger partial charge in [0.15, 0.2) is 6.10 Å². The van der Waals surface area contributed by atoms with Crippen molar-refractivity contribution < 1.29 is 28.2 Å². The monoisotopic (exact) mass is 354 g/mol. The van der Waals surface area contributed by atoms with Crippen LogP contribution in [0.5, 0.6) is 0 Å². The molecule has 0 spiro atoms. The fraction of sp³-hybridized carbons (Fsp3) is 0.471. The molecule has 0 fully saturated rings. The van der Waals surface area contributed by atoms with Gasteiger partial charge < -0.3 is 20.1 Å². The van der Waals surface area contributed by atoms with Crippen LogP contribution in [0.4, 0.5) is 14.9 Å². The summed E-state index contributed by atoms with van der Waals surface area (Å²) < 4.78 is 23.4. The normalized spacial score (nSPS) is 12.0. The molecule has 1 aromatic carbocycles. The number of halogens is 1. The van der Waals surface area contributed by atoms with Crippen molar-refractivity contribution in [2.75, 3.05) is 11.9 Å². The van der Waals surface area contributed by atoms with E-state index < -0.39 is 35.5 Å². The van der Waals surface area contributed by atoms with Crippen LogP contribution in [-0.4, -0.2) is 36.2 Å². The first kappa shape index (κ1) is 20.4. The summed E-state index contributed by atoms with van der Waals surface area (Å²) in [5, 5.41) is 4.74. The highest BCUT2D eigenvalue weighted by Crippen LogP contribution is 2.13. The van der Waals surface area contributed by atoms with Crippen LogP contribution in [0.2, 0.25) is 0 Å². The molecule has 0 aliphatic heterocycles. The Hall–Kier alpha value is -2.64. The molecule has 7 nitrogen and oxygen atoms in total. The van der Waals surface area contributed by atoms with Crippen LogP contribution in [0, 0.1) is 5.82 Å². The second kappa shape index (κ2) is 9.00. The number of benzene rings is 1. The number of amides is 2. The van der Waals surface area contributed by atoms with Gasteiger partial charge in [-0.1, -0.05) is 12.1 Å². The quantitative estimate of drug-likeness (QED) is 0.766. The maximum absolute atomic E-state index is 13.5. The molecule has 0 radical (unpaired) electrons. The minimum atomic E-state index is -1.10. The number of hydrogen-bond donors (Lipinski definition) is 2. The van der Waals surface area contributed by atoms with Gasteiger partial charge in [-0.3, -0.25) is 9.59 Å². The van der Waals surface area contributed by atoms with Crippen molar-refractivity contribution >= 4 is 23.7 Å². The first-order valence-corrected chi connectivity index (χ1v) is 7.80. The number of ether oxygens (including phenoxy) is 2. The van der Waals surface area contributed by atoms with Gasteiger partial charge in [-0.2, -0.15) is 0 Å². The van der Waals surface area contributed by atoms with Gasteiger partial charge in [0.2, 0.25) is 0 Å². The zero-order chi connectivity index (χ0) is 19.0. The van der Waals surface area contributed by atoms with E-state index >= 15 is 0 Å². The standard InChI is InChI=1S/C17H23FN2O5/c1-11(15(22)20-13-8-6-5-7-12(13)18)24-14(21)9-10-19-16(23)25-17(2,3)4/h5-8,11H,9-10H2,1-4H3,(H,19,23)(H,20,22)/t11-/m1/s1. The van der Waals surface area contributed by atoms with Crippen LogP contribution in [0.3, 0.4) is 0 Å². The third-order valence-electron chi connectivity index (χ3n) is 2.81. The molecule has 2 amide bonds. The second-order valence-corrected chi connectivity index (χ2v) is 6.28. The SMILES string of the molecule is C[C@@H](OC(=O)CCNC(=O)OC(C)(C)C)C(=O)Nc1ccccc1F. The number of carbonyl (C=O) groups is 3. The summed E-state index contributed by atoms with van der Waals surface area (Å²) in [5.74, 6) is -1.92. The lowest BCUT2D eigenvalue weighted by molar-refractivity contribution is -0.153. The summed E-state index contributed by atoms with van der Waals surface area (Å²) in [4.78, 5) is 35.0. The summed E-state index contributed by atoms with van der Waals surface area (Å²) in [6.45, 7) is 6.54. The lowest BCUT2D eigenvalue weighted by atomic mass is 10.2. The van der Waals surface area contributed by atoms with Crippen LogP contribution < -0.4 is 10.6 Å². The van der Waals surface area contributed by atoms with E-state index in [1.807, 2.05) is 0 Å². The Morgan fingerprint density at radius 3 is 2.44 bits per heavy atom. The molecule has 2 N–H and O–H groups in total. The smallest absolute Gasteiger partial charge is 0.407 e. The molecule has 0 heterocycles. The highest BCUT2D eigenvalue weighted by Gasteiger charge is 2.20. The van der Waals surface area contributed by atoms with Crippen molar-refractivity contribution in [1.82, 2.24) is 5.32 Å². The number of nitrogens with one attached hydrogen (secondary N) is 2. The van der Waals surface area contributed by atoms with E-state index in [0.29, 0.717) is 0 Å². The Morgan fingerprint density at radius 2 is 1.84 bits per heavy atom. The molecule has 0 unspecified atom stereocenters. The Kier molecular flexibility index (Phi) is 7.35. The molecule has 0 aliphatic rings. The predicted molar refractivity (Wildman–Crippen MR) is 89.4 cm³/mol. The average Bonchev–Trinajstić information content (AvgIpc) is 2.47. The molecule has 0 aromatic heterocycles. The Balaban J connectivity index is 2.35. The highest BCUT2D eigenvalue weighted by atomic mass is 19.1. The van der Waals surface area contributed by atoms with E-state index in [1.165, 1.54) is 25.1 Å². The molecule has 1 aromatic rings. The molecule has 1 atom stereocenters. The lowest BCUT2D eigenvalue weighted by Gasteiger charge is -2.19. The predicted octanol–water partition coefficient (Wildman–Crippen LogP) is 2.61. The minimum Gasteiger partial charge on any atom is -0.452 e. The maximum atomic E-state index is 13.5.